The molecule has 2 aromatic rings. The van der Waals surface area contributed by atoms with Crippen LogP contribution >= 0.6 is 22.8 Å². The Morgan fingerprint density at radius 2 is 1.22 bits per heavy atom. The second-order valence-corrected chi connectivity index (χ2v) is 24.6. The van der Waals surface area contributed by atoms with Crippen molar-refractivity contribution in [2.45, 2.75) is 127 Å². The van der Waals surface area contributed by atoms with Gasteiger partial charge in [0.05, 0.1) is 12.2 Å². The molecule has 9 atom stereocenters. The van der Waals surface area contributed by atoms with Gasteiger partial charge >= 0.3 is 11.4 Å². The van der Waals surface area contributed by atoms with Gasteiger partial charge in [0.2, 0.25) is 6.54 Å². The molecule has 2 aliphatic rings. The van der Waals surface area contributed by atoms with Gasteiger partial charge in [-0.05, 0) is 68.2 Å². The lowest BCUT2D eigenvalue weighted by Crippen LogP contribution is -2.42. The van der Waals surface area contributed by atoms with E-state index >= 15 is 8.78 Å². The van der Waals surface area contributed by atoms with Crippen LogP contribution in [-0.4, -0.2) is 143 Å². The molecule has 0 radical (unpaired) electrons. The number of hydrogen-bond donors (Lipinski definition) is 3. The summed E-state index contributed by atoms with van der Waals surface area (Å²) in [5.41, 5.74) is -9.54. The molecule has 0 saturated carbocycles. The van der Waals surface area contributed by atoms with Gasteiger partial charge < -0.3 is 47.1 Å². The number of nitrogens with zero attached hydrogens (tertiary/aromatic N) is 4. The predicted molar refractivity (Wildman–Crippen MR) is 227 cm³/mol. The molecule has 0 spiro atoms. The number of methoxy groups -OCH3 is 2. The Bertz CT molecular complexity index is 2250. The molecule has 358 valence electrons. The Morgan fingerprint density at radius 3 is 1.62 bits per heavy atom. The first-order chi connectivity index (χ1) is 28.9. The summed E-state index contributed by atoms with van der Waals surface area (Å²) in [5.74, 6) is 0. The van der Waals surface area contributed by atoms with Crippen molar-refractivity contribution in [3.63, 3.8) is 0 Å². The molecular weight excluding hydrogens is 905 g/mol. The van der Waals surface area contributed by atoms with Crippen molar-refractivity contribution < 1.29 is 59.8 Å². The van der Waals surface area contributed by atoms with Gasteiger partial charge in [0, 0.05) is 62.7 Å². The number of aromatic amines is 2. The van der Waals surface area contributed by atoms with Gasteiger partial charge in [0.15, 0.2) is 12.5 Å². The summed E-state index contributed by atoms with van der Waals surface area (Å²) in [5, 5.41) is 10.3. The van der Waals surface area contributed by atoms with Gasteiger partial charge in [-0.15, -0.1) is 0 Å². The first-order valence-corrected chi connectivity index (χ1v) is 26.0. The molecule has 63 heavy (non-hydrogen) atoms. The average molecular weight is 965 g/mol. The number of rotatable bonds is 18. The number of ether oxygens (including phenoxy) is 4. The minimum absolute atomic E-state index is 0.0539. The van der Waals surface area contributed by atoms with Crippen LogP contribution in [0.3, 0.4) is 0 Å². The first-order valence-electron chi connectivity index (χ1n) is 19.7. The average Bonchev–Trinajstić information content (AvgIpc) is 3.64. The van der Waals surface area contributed by atoms with Gasteiger partial charge in [0.1, 0.15) is 45.3 Å². The van der Waals surface area contributed by atoms with E-state index in [0.29, 0.717) is 0 Å². The van der Waals surface area contributed by atoms with Gasteiger partial charge in [-0.1, -0.05) is 0 Å². The minimum atomic E-state index is -3.89. The normalized spacial score (nSPS) is 25.1. The number of alkyl halides is 4. The molecule has 26 heteroatoms. The van der Waals surface area contributed by atoms with E-state index in [9.17, 15) is 42.2 Å². The fraction of sp³-hybridized carbons (Fsp3) is 0.757. The van der Waals surface area contributed by atoms with E-state index in [4.69, 9.17) is 34.6 Å². The predicted octanol–water partition coefficient (Wildman–Crippen LogP) is 4.75. The lowest BCUT2D eigenvalue weighted by atomic mass is 10.1. The monoisotopic (exact) mass is 964 g/mol. The second kappa shape index (κ2) is 21.6. The molecule has 2 aromatic heterocycles. The van der Waals surface area contributed by atoms with Gasteiger partial charge in [-0.2, -0.15) is 17.6 Å². The Morgan fingerprint density at radius 1 is 0.810 bits per heavy atom. The number of hydrogen-bond acceptors (Lipinski definition) is 14. The van der Waals surface area contributed by atoms with Crippen molar-refractivity contribution in [1.29, 1.82) is 0 Å². The summed E-state index contributed by atoms with van der Waals surface area (Å²) in [6.45, 7) is 21.8. The molecule has 2 saturated heterocycles. The second-order valence-electron chi connectivity index (χ2n) is 16.5. The molecule has 0 amide bonds. The number of halogens is 4. The number of aliphatic hydroxyl groups excluding tert-OH is 1. The Labute approximate surface area is 363 Å². The zero-order valence-electron chi connectivity index (χ0n) is 37.2. The third kappa shape index (κ3) is 12.9. The van der Waals surface area contributed by atoms with E-state index < -0.39 is 119 Å². The summed E-state index contributed by atoms with van der Waals surface area (Å²) in [6, 6.07) is -0.131. The van der Waals surface area contributed by atoms with Crippen LogP contribution in [0.1, 0.15) is 64.1 Å². The van der Waals surface area contributed by atoms with Crippen LogP contribution in [-0.2, 0) is 37.1 Å². The smallest absolute Gasteiger partial charge is 0.330 e. The molecule has 3 N–H and O–H groups in total. The highest BCUT2D eigenvalue weighted by molar-refractivity contribution is 7.63. The van der Waals surface area contributed by atoms with E-state index in [-0.39, 0.29) is 36.4 Å². The van der Waals surface area contributed by atoms with Crippen molar-refractivity contribution in [1.82, 2.24) is 23.8 Å². The summed E-state index contributed by atoms with van der Waals surface area (Å²) >= 11 is 0. The number of H-pyrrole nitrogens is 2. The van der Waals surface area contributed by atoms with Gasteiger partial charge in [0.25, 0.3) is 31.0 Å². The minimum Gasteiger partial charge on any atom is -0.388 e. The standard InChI is InChI=1S/C23H38F2N4O7P2.C14H21F2N2O6P/c1-14(2)29(15(3)4)37(34-11-10-26-6)36-18-17(12-23(24,25)38(8,9)32)35-21(19(18)33-7)28-13-16(5)20(30)27-22(28)31;1-7-6-18(13(21)17-11(7)20)12-10(23-2)9(19)8(24-12)5-14(15,16)25(3,4)22/h13-15,17-19,21H,10-12H2,1-5,7-9H3,(H,27,30,31);6,8-10,12,19H,5H2,1-4H3,(H,17,20,21)/t17-,18-,19-,21-,37?;8-,9-,10-,12-/m11/s1. The van der Waals surface area contributed by atoms with E-state index in [1.165, 1.54) is 40.5 Å². The third-order valence-electron chi connectivity index (χ3n) is 10.3. The molecule has 0 aromatic carbocycles. The van der Waals surface area contributed by atoms with Crippen LogP contribution in [0.5, 0.6) is 0 Å². The molecule has 2 fully saturated rings. The lowest BCUT2D eigenvalue weighted by Gasteiger charge is -2.38. The molecule has 0 bridgehead atoms. The topological polar surface area (TPSA) is 227 Å². The van der Waals surface area contributed by atoms with Crippen molar-refractivity contribution in [3.05, 3.63) is 76.6 Å². The Balaban J connectivity index is 0.000000365. The van der Waals surface area contributed by atoms with Crippen molar-refractivity contribution in [3.8, 4) is 0 Å². The van der Waals surface area contributed by atoms with Crippen molar-refractivity contribution in [2.24, 2.45) is 0 Å². The summed E-state index contributed by atoms with van der Waals surface area (Å²) in [6.07, 6.45) is -9.45. The van der Waals surface area contributed by atoms with E-state index in [2.05, 4.69) is 14.8 Å². The van der Waals surface area contributed by atoms with Crippen LogP contribution in [0.2, 0.25) is 0 Å². The Hall–Kier alpha value is -2.86. The molecule has 0 aliphatic carbocycles. The quantitative estimate of drug-likeness (QED) is 0.0794. The highest BCUT2D eigenvalue weighted by Crippen LogP contribution is 2.59. The van der Waals surface area contributed by atoms with E-state index in [1.807, 2.05) is 32.4 Å². The van der Waals surface area contributed by atoms with E-state index in [1.54, 1.807) is 0 Å². The maximum absolute atomic E-state index is 15.1. The van der Waals surface area contributed by atoms with Gasteiger partial charge in [-0.25, -0.2) is 20.8 Å². The Kier molecular flexibility index (Phi) is 18.7. The lowest BCUT2D eigenvalue weighted by molar-refractivity contribution is -0.0703. The number of aryl methyl sites for hydroxylation is 2. The van der Waals surface area contributed by atoms with Crippen LogP contribution in [0.25, 0.3) is 4.85 Å². The zero-order chi connectivity index (χ0) is 48.2. The first kappa shape index (κ1) is 54.5. The van der Waals surface area contributed by atoms with Crippen LogP contribution in [0.15, 0.2) is 31.6 Å². The third-order valence-corrected chi connectivity index (χ3v) is 16.0. The maximum atomic E-state index is 15.1. The highest BCUT2D eigenvalue weighted by Gasteiger charge is 2.56. The van der Waals surface area contributed by atoms with Crippen molar-refractivity contribution >= 4 is 22.8 Å². The summed E-state index contributed by atoms with van der Waals surface area (Å²) < 4.78 is 121. The van der Waals surface area contributed by atoms with Crippen LogP contribution < -0.4 is 22.5 Å². The largest absolute Gasteiger partial charge is 0.388 e. The molecule has 1 unspecified atom stereocenters. The fourth-order valence-electron chi connectivity index (χ4n) is 6.71. The molecule has 4 heterocycles. The maximum Gasteiger partial charge on any atom is 0.330 e. The number of aliphatic hydroxyl groups is 1. The van der Waals surface area contributed by atoms with Crippen molar-refractivity contribution in [2.75, 3.05) is 54.0 Å². The van der Waals surface area contributed by atoms with Crippen LogP contribution in [0.4, 0.5) is 17.6 Å². The fourth-order valence-corrected chi connectivity index (χ4v) is 9.71. The van der Waals surface area contributed by atoms with Crippen LogP contribution in [0, 0.1) is 20.4 Å². The number of aromatic nitrogens is 4. The molecule has 2 aliphatic heterocycles. The highest BCUT2D eigenvalue weighted by atomic mass is 31.2. The zero-order valence-corrected chi connectivity index (χ0v) is 39.9. The summed E-state index contributed by atoms with van der Waals surface area (Å²) in [4.78, 5) is 55.6. The molecule has 19 nitrogen and oxygen atoms in total. The van der Waals surface area contributed by atoms with Gasteiger partial charge in [-0.3, -0.25) is 28.7 Å². The molecule has 4 rings (SSSR count). The summed E-state index contributed by atoms with van der Waals surface area (Å²) in [7, 11) is -6.99. The van der Waals surface area contributed by atoms with E-state index in [0.717, 1.165) is 35.8 Å². The SMILES string of the molecule is CO[C@@H]1[C@H](O)[C@@H](CC(F)(F)P(C)(C)=O)O[C@H]1n1cc(C)c(=O)[nH]c1=O.[C-]#[N+]CCOP(O[C@H]1[C@@H](OC)[C@H](n2cc(C)c(=O)[nH]c2=O)O[C@@H]1CC(F)(F)P(C)(C)=O)N(C(C)C)C(C)C. The number of nitrogens with one attached hydrogen (secondary N) is 2. The molecular formula is C37H59F4N6O13P3.